The van der Waals surface area contributed by atoms with Gasteiger partial charge in [0.1, 0.15) is 22.6 Å². The molecule has 162 valence electrons. The van der Waals surface area contributed by atoms with Crippen molar-refractivity contribution in [2.45, 2.75) is 51.8 Å². The molecule has 2 aromatic carbocycles. The summed E-state index contributed by atoms with van der Waals surface area (Å²) in [4.78, 5) is 16.3. The maximum absolute atomic E-state index is 11.9. The smallest absolute Gasteiger partial charge is 0.329 e. The summed E-state index contributed by atoms with van der Waals surface area (Å²) in [6.07, 6.45) is 6.24. The third-order valence-electron chi connectivity index (χ3n) is 4.49. The van der Waals surface area contributed by atoms with Gasteiger partial charge in [0.05, 0.1) is 12.3 Å². The number of phenols is 1. The third kappa shape index (κ3) is 7.71. The zero-order chi connectivity index (χ0) is 21.9. The van der Waals surface area contributed by atoms with E-state index in [1.807, 2.05) is 38.1 Å². The van der Waals surface area contributed by atoms with Gasteiger partial charge in [0.15, 0.2) is 0 Å². The molecule has 2 rings (SSSR count). The van der Waals surface area contributed by atoms with Crippen LogP contribution in [0.25, 0.3) is 0 Å². The van der Waals surface area contributed by atoms with Crippen LogP contribution >= 0.6 is 11.6 Å². The van der Waals surface area contributed by atoms with Crippen LogP contribution in [-0.2, 0) is 4.79 Å². The highest BCUT2D eigenvalue weighted by Crippen LogP contribution is 2.25. The van der Waals surface area contributed by atoms with Crippen molar-refractivity contribution in [2.75, 3.05) is 6.61 Å². The van der Waals surface area contributed by atoms with Crippen molar-refractivity contribution in [3.8, 4) is 17.2 Å². The lowest BCUT2D eigenvalue weighted by Gasteiger charge is -2.12. The molecule has 0 spiro atoms. The summed E-state index contributed by atoms with van der Waals surface area (Å²) in [5.41, 5.74) is 1.25. The summed E-state index contributed by atoms with van der Waals surface area (Å²) < 4.78 is 10.9. The van der Waals surface area contributed by atoms with E-state index in [0.29, 0.717) is 5.56 Å². The summed E-state index contributed by atoms with van der Waals surface area (Å²) in [6.45, 7) is 6.58. The van der Waals surface area contributed by atoms with Gasteiger partial charge in [-0.15, -0.1) is 11.6 Å². The highest BCUT2D eigenvalue weighted by atomic mass is 35.5. The molecule has 0 radical (unpaired) electrons. The van der Waals surface area contributed by atoms with Crippen LogP contribution in [0.5, 0.6) is 17.2 Å². The zero-order valence-corrected chi connectivity index (χ0v) is 18.6. The average molecular weight is 432 g/mol. The van der Waals surface area contributed by atoms with E-state index in [1.54, 1.807) is 18.3 Å². The fourth-order valence-corrected chi connectivity index (χ4v) is 2.68. The van der Waals surface area contributed by atoms with E-state index in [9.17, 15) is 9.90 Å². The second kappa shape index (κ2) is 12.2. The molecule has 30 heavy (non-hydrogen) atoms. The number of ether oxygens (including phenoxy) is 2. The molecular formula is C24H30ClNO4. The van der Waals surface area contributed by atoms with Crippen molar-refractivity contribution in [1.29, 1.82) is 0 Å². The van der Waals surface area contributed by atoms with Crippen molar-refractivity contribution >= 4 is 29.5 Å². The van der Waals surface area contributed by atoms with Crippen LogP contribution in [-0.4, -0.2) is 29.3 Å². The number of halogens is 1. The summed E-state index contributed by atoms with van der Waals surface area (Å²) in [5.74, 6) is 0.434. The number of nitrogens with zero attached hydrogens (tertiary/aromatic N) is 1. The highest BCUT2D eigenvalue weighted by molar-refractivity contribution is 6.30. The van der Waals surface area contributed by atoms with E-state index in [2.05, 4.69) is 11.9 Å². The standard InChI is InChI=1S/C24H30ClNO4/c1-4-5-6-7-14-29-20-12-9-19(10-13-20)26-16-18-8-11-21(15-22(18)27)30-24(28)23(25)17(2)3/h8-13,15-17,23,27H,4-7,14H2,1-3H3. The number of unbranched alkanes of at least 4 members (excludes halogenated alkanes) is 3. The van der Waals surface area contributed by atoms with Crippen molar-refractivity contribution in [3.63, 3.8) is 0 Å². The first kappa shape index (κ1) is 23.7. The van der Waals surface area contributed by atoms with Gasteiger partial charge >= 0.3 is 5.97 Å². The highest BCUT2D eigenvalue weighted by Gasteiger charge is 2.21. The number of aliphatic imine (C=N–C) groups is 1. The molecule has 0 aliphatic carbocycles. The fraction of sp³-hybridized carbons (Fsp3) is 0.417. The summed E-state index contributed by atoms with van der Waals surface area (Å²) in [6, 6.07) is 12.1. The Morgan fingerprint density at radius 1 is 1.10 bits per heavy atom. The van der Waals surface area contributed by atoms with E-state index in [4.69, 9.17) is 21.1 Å². The Bertz CT molecular complexity index is 834. The molecule has 0 aromatic heterocycles. The number of rotatable bonds is 11. The summed E-state index contributed by atoms with van der Waals surface area (Å²) in [7, 11) is 0. The Hall–Kier alpha value is -2.53. The summed E-state index contributed by atoms with van der Waals surface area (Å²) in [5, 5.41) is 9.46. The van der Waals surface area contributed by atoms with Crippen LogP contribution in [0.1, 0.15) is 52.0 Å². The fourth-order valence-electron chi connectivity index (χ4n) is 2.63. The molecule has 2 aromatic rings. The van der Waals surface area contributed by atoms with Crippen molar-refractivity contribution in [2.24, 2.45) is 10.9 Å². The second-order valence-corrected chi connectivity index (χ2v) is 7.92. The average Bonchev–Trinajstić information content (AvgIpc) is 2.73. The van der Waals surface area contributed by atoms with Gasteiger partial charge in [-0.25, -0.2) is 0 Å². The Morgan fingerprint density at radius 2 is 1.80 bits per heavy atom. The van der Waals surface area contributed by atoms with E-state index < -0.39 is 11.3 Å². The van der Waals surface area contributed by atoms with Crippen LogP contribution in [0.4, 0.5) is 5.69 Å². The van der Waals surface area contributed by atoms with Gasteiger partial charge in [0, 0.05) is 17.8 Å². The van der Waals surface area contributed by atoms with Gasteiger partial charge in [0.2, 0.25) is 0 Å². The van der Waals surface area contributed by atoms with Crippen LogP contribution in [0.3, 0.4) is 0 Å². The monoisotopic (exact) mass is 431 g/mol. The predicted octanol–water partition coefficient (Wildman–Crippen LogP) is 6.27. The molecule has 0 saturated heterocycles. The number of phenolic OH excluding ortho intramolecular Hbond substituents is 1. The zero-order valence-electron chi connectivity index (χ0n) is 17.8. The Morgan fingerprint density at radius 3 is 2.43 bits per heavy atom. The number of alkyl halides is 1. The molecule has 0 aliphatic heterocycles. The van der Waals surface area contributed by atoms with Gasteiger partial charge in [-0.1, -0.05) is 40.0 Å². The number of hydrogen-bond donors (Lipinski definition) is 1. The van der Waals surface area contributed by atoms with Gasteiger partial charge in [-0.05, 0) is 48.7 Å². The quantitative estimate of drug-likeness (QED) is 0.150. The minimum atomic E-state index is -0.739. The SMILES string of the molecule is CCCCCCOc1ccc(N=Cc2ccc(OC(=O)C(Cl)C(C)C)cc2O)cc1. The van der Waals surface area contributed by atoms with Gasteiger partial charge < -0.3 is 14.6 Å². The first-order chi connectivity index (χ1) is 14.4. The van der Waals surface area contributed by atoms with Crippen molar-refractivity contribution < 1.29 is 19.4 Å². The van der Waals surface area contributed by atoms with E-state index in [-0.39, 0.29) is 17.4 Å². The molecule has 5 nitrogen and oxygen atoms in total. The minimum absolute atomic E-state index is 0.0354. The van der Waals surface area contributed by atoms with E-state index >= 15 is 0 Å². The molecule has 0 fully saturated rings. The number of aromatic hydroxyl groups is 1. The van der Waals surface area contributed by atoms with Gasteiger partial charge in [-0.2, -0.15) is 0 Å². The molecule has 1 unspecified atom stereocenters. The maximum atomic E-state index is 11.9. The Balaban J connectivity index is 1.92. The first-order valence-corrected chi connectivity index (χ1v) is 10.8. The molecule has 0 bridgehead atoms. The van der Waals surface area contributed by atoms with Crippen LogP contribution in [0.2, 0.25) is 0 Å². The van der Waals surface area contributed by atoms with Crippen molar-refractivity contribution in [3.05, 3.63) is 48.0 Å². The Kier molecular flexibility index (Phi) is 9.68. The maximum Gasteiger partial charge on any atom is 0.329 e. The van der Waals surface area contributed by atoms with E-state index in [1.165, 1.54) is 25.3 Å². The van der Waals surface area contributed by atoms with E-state index in [0.717, 1.165) is 24.5 Å². The molecule has 0 saturated carbocycles. The molecule has 1 N–H and O–H groups in total. The van der Waals surface area contributed by atoms with Gasteiger partial charge in [0.25, 0.3) is 0 Å². The van der Waals surface area contributed by atoms with Gasteiger partial charge in [-0.3, -0.25) is 9.79 Å². The number of carbonyl (C=O) groups is 1. The normalized spacial score (nSPS) is 12.3. The summed E-state index contributed by atoms with van der Waals surface area (Å²) >= 11 is 6.00. The molecule has 6 heteroatoms. The molecule has 1 atom stereocenters. The topological polar surface area (TPSA) is 68.1 Å². The minimum Gasteiger partial charge on any atom is -0.507 e. The predicted molar refractivity (Wildman–Crippen MR) is 122 cm³/mol. The number of benzene rings is 2. The molecular weight excluding hydrogens is 402 g/mol. The number of esters is 1. The Labute approximate surface area is 183 Å². The molecule has 0 amide bonds. The lowest BCUT2D eigenvalue weighted by molar-refractivity contribution is -0.134. The van der Waals surface area contributed by atoms with Crippen LogP contribution in [0, 0.1) is 5.92 Å². The largest absolute Gasteiger partial charge is 0.507 e. The molecule has 0 aliphatic rings. The third-order valence-corrected chi connectivity index (χ3v) is 5.17. The number of carbonyl (C=O) groups excluding carboxylic acids is 1. The lowest BCUT2D eigenvalue weighted by atomic mass is 10.1. The van der Waals surface area contributed by atoms with Crippen LogP contribution in [0.15, 0.2) is 47.5 Å². The molecule has 0 heterocycles. The second-order valence-electron chi connectivity index (χ2n) is 7.45. The lowest BCUT2D eigenvalue weighted by Crippen LogP contribution is -2.25. The number of hydrogen-bond acceptors (Lipinski definition) is 5. The van der Waals surface area contributed by atoms with Crippen molar-refractivity contribution in [1.82, 2.24) is 0 Å². The first-order valence-electron chi connectivity index (χ1n) is 10.4. The van der Waals surface area contributed by atoms with Crippen LogP contribution < -0.4 is 9.47 Å².